The van der Waals surface area contributed by atoms with Crippen molar-refractivity contribution in [1.82, 2.24) is 4.98 Å². The molecule has 1 N–H and O–H groups in total. The zero-order chi connectivity index (χ0) is 10.8. The second-order valence-corrected chi connectivity index (χ2v) is 7.55. The van der Waals surface area contributed by atoms with E-state index in [9.17, 15) is 4.57 Å². The van der Waals surface area contributed by atoms with Gasteiger partial charge in [0.1, 0.15) is 6.26 Å². The van der Waals surface area contributed by atoms with Crippen LogP contribution in [0.3, 0.4) is 0 Å². The molecular weight excluding hydrogens is 357 g/mol. The Bertz CT molecular complexity index is 325. The molecule has 0 saturated heterocycles. The van der Waals surface area contributed by atoms with Crippen LogP contribution in [0.4, 0.5) is 6.01 Å². The molecule has 1 aromatic heterocycles. The Morgan fingerprint density at radius 1 is 1.17 bits per heavy atom. The number of halogens is 3. The summed E-state index contributed by atoms with van der Waals surface area (Å²) >= 11 is 0. The molecule has 4 nitrogen and oxygen atoms in total. The summed E-state index contributed by atoms with van der Waals surface area (Å²) in [5.41, 5.74) is 0.156. The third kappa shape index (κ3) is 6.71. The predicted molar refractivity (Wildman–Crippen MR) is 58.0 cm³/mol. The van der Waals surface area contributed by atoms with Crippen molar-refractivity contribution in [1.29, 1.82) is 0 Å². The zero-order valence-electron chi connectivity index (χ0n) is 10.6. The van der Waals surface area contributed by atoms with Crippen LogP contribution in [-0.4, -0.2) is 16.3 Å². The van der Waals surface area contributed by atoms with Crippen molar-refractivity contribution >= 4 is 13.3 Å². The molecular formula is C9H17Cl3CrN2O2P. The minimum absolute atomic E-state index is 0. The third-order valence-corrected chi connectivity index (χ3v) is 5.85. The number of nitrogens with one attached hydrogen (secondary N) is 1. The number of nitrogens with zero attached hydrogens (tertiary/aromatic N) is 1. The molecule has 1 radical (unpaired) electrons. The standard InChI is InChI=1S/C9H17N2O2P.3ClH.Cr/c1-7(2)14(12,8(3)4)11-9-10-5-6-13-9;;;;/h5-8H,1-4H3,(H,10,11,12);3*1H;/q;;;;+3/p-3. The van der Waals surface area contributed by atoms with Gasteiger partial charge in [0, 0.05) is 11.3 Å². The quantitative estimate of drug-likeness (QED) is 0.534. The number of aromatic nitrogens is 1. The Morgan fingerprint density at radius 3 is 1.89 bits per heavy atom. The molecule has 0 saturated carbocycles. The summed E-state index contributed by atoms with van der Waals surface area (Å²) in [7, 11) is -2.46. The topological polar surface area (TPSA) is 55.1 Å². The smallest absolute Gasteiger partial charge is 1.00 e. The maximum atomic E-state index is 12.5. The molecule has 18 heavy (non-hydrogen) atoms. The first-order chi connectivity index (χ1) is 6.47. The van der Waals surface area contributed by atoms with Crippen molar-refractivity contribution in [2.24, 2.45) is 0 Å². The zero-order valence-corrected chi connectivity index (χ0v) is 15.0. The molecule has 0 spiro atoms. The molecule has 1 rings (SSSR count). The summed E-state index contributed by atoms with van der Waals surface area (Å²) in [5.74, 6) is 0. The van der Waals surface area contributed by atoms with E-state index in [1.807, 2.05) is 27.7 Å². The second-order valence-electron chi connectivity index (χ2n) is 3.85. The summed E-state index contributed by atoms with van der Waals surface area (Å²) in [6, 6.07) is 0.343. The molecule has 0 amide bonds. The van der Waals surface area contributed by atoms with Gasteiger partial charge in [0.25, 0.3) is 6.01 Å². The summed E-state index contributed by atoms with van der Waals surface area (Å²) in [6.07, 6.45) is 3.00. The molecule has 0 atom stereocenters. The molecule has 0 aromatic carbocycles. The van der Waals surface area contributed by atoms with Crippen LogP contribution in [-0.2, 0) is 21.9 Å². The SMILES string of the molecule is CC(C)P(=O)(Nc1ncco1)C(C)C.[Cl-].[Cl-].[Cl-].[Cr+3]. The average molecular weight is 375 g/mol. The molecule has 0 fully saturated rings. The Kier molecular flexibility index (Phi) is 17.2. The van der Waals surface area contributed by atoms with Gasteiger partial charge >= 0.3 is 17.4 Å². The number of hydrogen-bond acceptors (Lipinski definition) is 3. The van der Waals surface area contributed by atoms with E-state index in [1.165, 1.54) is 12.5 Å². The van der Waals surface area contributed by atoms with Crippen LogP contribution in [0.2, 0.25) is 0 Å². The largest absolute Gasteiger partial charge is 3.00 e. The fourth-order valence-electron chi connectivity index (χ4n) is 1.28. The number of oxazole rings is 1. The molecule has 0 unspecified atom stereocenters. The van der Waals surface area contributed by atoms with Gasteiger partial charge in [-0.15, -0.1) is 0 Å². The van der Waals surface area contributed by atoms with E-state index < -0.39 is 7.29 Å². The summed E-state index contributed by atoms with van der Waals surface area (Å²) < 4.78 is 17.5. The first kappa shape index (κ1) is 27.1. The van der Waals surface area contributed by atoms with E-state index in [4.69, 9.17) is 4.42 Å². The normalized spacial score (nSPS) is 9.67. The van der Waals surface area contributed by atoms with Crippen LogP contribution < -0.4 is 42.3 Å². The van der Waals surface area contributed by atoms with E-state index in [0.29, 0.717) is 6.01 Å². The first-order valence-electron chi connectivity index (χ1n) is 4.74. The fraction of sp³-hybridized carbons (Fsp3) is 0.667. The van der Waals surface area contributed by atoms with Crippen LogP contribution in [0, 0.1) is 0 Å². The van der Waals surface area contributed by atoms with Crippen molar-refractivity contribution in [2.45, 2.75) is 39.0 Å². The Balaban J connectivity index is -0.000000245. The molecule has 1 aromatic rings. The second kappa shape index (κ2) is 11.5. The first-order valence-corrected chi connectivity index (χ1v) is 6.58. The van der Waals surface area contributed by atoms with Gasteiger partial charge in [0.2, 0.25) is 0 Å². The maximum absolute atomic E-state index is 12.5. The molecule has 0 bridgehead atoms. The van der Waals surface area contributed by atoms with Crippen molar-refractivity contribution < 1.29 is 63.6 Å². The van der Waals surface area contributed by atoms with E-state index in [1.54, 1.807) is 0 Å². The van der Waals surface area contributed by atoms with E-state index in [0.717, 1.165) is 0 Å². The van der Waals surface area contributed by atoms with Gasteiger partial charge in [-0.25, -0.2) is 4.98 Å². The van der Waals surface area contributed by atoms with Crippen molar-refractivity contribution in [3.63, 3.8) is 0 Å². The van der Waals surface area contributed by atoms with E-state index >= 15 is 0 Å². The van der Waals surface area contributed by atoms with Crippen molar-refractivity contribution in [3.05, 3.63) is 12.5 Å². The van der Waals surface area contributed by atoms with Gasteiger partial charge in [0.05, 0.1) is 6.20 Å². The molecule has 0 aliphatic rings. The molecule has 1 heterocycles. The van der Waals surface area contributed by atoms with Gasteiger partial charge in [0.15, 0.2) is 7.29 Å². The van der Waals surface area contributed by atoms with Gasteiger partial charge in [-0.3, -0.25) is 9.65 Å². The van der Waals surface area contributed by atoms with Gasteiger partial charge in [-0.2, -0.15) is 0 Å². The Morgan fingerprint density at radius 2 is 1.61 bits per heavy atom. The molecule has 0 aliphatic heterocycles. The number of rotatable bonds is 4. The van der Waals surface area contributed by atoms with Gasteiger partial charge in [-0.1, -0.05) is 27.7 Å². The maximum Gasteiger partial charge on any atom is 3.00 e. The number of hydrogen-bond donors (Lipinski definition) is 1. The summed E-state index contributed by atoms with van der Waals surface area (Å²) in [5, 5.41) is 2.91. The van der Waals surface area contributed by atoms with Crippen LogP contribution in [0.1, 0.15) is 27.7 Å². The minimum atomic E-state index is -2.46. The molecule has 0 aliphatic carbocycles. The number of anilines is 1. The van der Waals surface area contributed by atoms with Crippen LogP contribution in [0.25, 0.3) is 0 Å². The Labute approximate surface area is 138 Å². The molecule has 107 valence electrons. The summed E-state index contributed by atoms with van der Waals surface area (Å²) in [4.78, 5) is 3.92. The Hall–Kier alpha value is 0.642. The summed E-state index contributed by atoms with van der Waals surface area (Å²) in [6.45, 7) is 7.76. The average Bonchev–Trinajstić information content (AvgIpc) is 2.55. The molecule has 9 heteroatoms. The van der Waals surface area contributed by atoms with Crippen LogP contribution in [0.15, 0.2) is 16.9 Å². The van der Waals surface area contributed by atoms with Crippen LogP contribution in [0.5, 0.6) is 0 Å². The van der Waals surface area contributed by atoms with E-state index in [2.05, 4.69) is 10.1 Å². The van der Waals surface area contributed by atoms with Crippen molar-refractivity contribution in [2.75, 3.05) is 5.09 Å². The van der Waals surface area contributed by atoms with Crippen molar-refractivity contribution in [3.8, 4) is 0 Å². The van der Waals surface area contributed by atoms with E-state index in [-0.39, 0.29) is 65.9 Å². The predicted octanol–water partition coefficient (Wildman–Crippen LogP) is -5.81. The van der Waals surface area contributed by atoms with Crippen LogP contribution >= 0.6 is 7.29 Å². The van der Waals surface area contributed by atoms with Gasteiger partial charge < -0.3 is 41.6 Å². The fourth-order valence-corrected chi connectivity index (χ4v) is 3.40. The minimum Gasteiger partial charge on any atom is -1.00 e. The third-order valence-electron chi connectivity index (χ3n) is 2.24. The van der Waals surface area contributed by atoms with Gasteiger partial charge in [-0.05, 0) is 0 Å². The monoisotopic (exact) mass is 373 g/mol.